The molecule has 0 bridgehead atoms. The highest BCUT2D eigenvalue weighted by Gasteiger charge is 2.29. The number of nitrogens with one attached hydrogen (secondary N) is 1. The molecule has 2 aromatic rings. The minimum atomic E-state index is -0.321. The minimum absolute atomic E-state index is 0.190. The lowest BCUT2D eigenvalue weighted by Gasteiger charge is -2.18. The maximum Gasteiger partial charge on any atom is 0.341 e. The van der Waals surface area contributed by atoms with Crippen molar-refractivity contribution in [1.29, 1.82) is 0 Å². The quantitative estimate of drug-likeness (QED) is 0.753. The second-order valence-electron chi connectivity index (χ2n) is 7.02. The Bertz CT molecular complexity index is 825. The molecule has 4 nitrogen and oxygen atoms in total. The molecule has 0 saturated heterocycles. The molecule has 1 aromatic heterocycles. The Morgan fingerprint density at radius 2 is 2.15 bits per heavy atom. The molecular weight excluding hydrogens is 346 g/mol. The van der Waals surface area contributed by atoms with Gasteiger partial charge in [-0.1, -0.05) is 31.5 Å². The number of anilines is 1. The average Bonchev–Trinajstić information content (AvgIpc) is 2.96. The highest BCUT2D eigenvalue weighted by molar-refractivity contribution is 7.17. The maximum atomic E-state index is 12.7. The van der Waals surface area contributed by atoms with E-state index in [0.29, 0.717) is 28.7 Å². The number of esters is 1. The summed E-state index contributed by atoms with van der Waals surface area (Å²) in [5.74, 6) is 0.0873. The molecule has 1 aliphatic rings. The zero-order valence-electron chi connectivity index (χ0n) is 15.6. The summed E-state index contributed by atoms with van der Waals surface area (Å²) in [6.07, 6.45) is 3.65. The summed E-state index contributed by atoms with van der Waals surface area (Å²) in [4.78, 5) is 26.5. The molecule has 0 fully saturated rings. The highest BCUT2D eigenvalue weighted by atomic mass is 32.1. The van der Waals surface area contributed by atoms with Crippen molar-refractivity contribution >= 4 is 28.2 Å². The van der Waals surface area contributed by atoms with Crippen LogP contribution < -0.4 is 5.32 Å². The van der Waals surface area contributed by atoms with Crippen LogP contribution in [-0.4, -0.2) is 18.5 Å². The van der Waals surface area contributed by atoms with Crippen molar-refractivity contribution in [1.82, 2.24) is 0 Å². The summed E-state index contributed by atoms with van der Waals surface area (Å²) in [7, 11) is 0. The molecule has 1 amide bonds. The largest absolute Gasteiger partial charge is 0.462 e. The number of benzene rings is 1. The van der Waals surface area contributed by atoms with Crippen LogP contribution in [0, 0.1) is 12.8 Å². The van der Waals surface area contributed by atoms with Gasteiger partial charge in [-0.25, -0.2) is 4.79 Å². The Morgan fingerprint density at radius 1 is 1.35 bits per heavy atom. The van der Waals surface area contributed by atoms with Crippen LogP contribution in [0.3, 0.4) is 0 Å². The van der Waals surface area contributed by atoms with Crippen molar-refractivity contribution < 1.29 is 14.3 Å². The molecule has 138 valence electrons. The molecule has 1 aromatic carbocycles. The molecular formula is C21H25NO3S. The average molecular weight is 372 g/mol. The molecule has 3 rings (SSSR count). The first-order valence-electron chi connectivity index (χ1n) is 9.19. The standard InChI is InChI=1S/C21H25NO3S/c1-4-10-25-21(24)18-16-9-8-14(3)12-17(16)26-20(18)22-19(23)15-7-5-6-13(2)11-15/h5-7,11,14H,4,8-10,12H2,1-3H3,(H,22,23)/t14-/m1/s1. The van der Waals surface area contributed by atoms with Gasteiger partial charge in [0, 0.05) is 10.4 Å². The maximum absolute atomic E-state index is 12.7. The minimum Gasteiger partial charge on any atom is -0.462 e. The lowest BCUT2D eigenvalue weighted by Crippen LogP contribution is -2.17. The first-order chi connectivity index (χ1) is 12.5. The predicted octanol–water partition coefficient (Wildman–Crippen LogP) is 5.00. The predicted molar refractivity (Wildman–Crippen MR) is 105 cm³/mol. The van der Waals surface area contributed by atoms with Gasteiger partial charge in [0.2, 0.25) is 0 Å². The third kappa shape index (κ3) is 3.98. The van der Waals surface area contributed by atoms with Crippen LogP contribution in [0.2, 0.25) is 0 Å². The summed E-state index contributed by atoms with van der Waals surface area (Å²) in [6, 6.07) is 7.45. The number of aryl methyl sites for hydroxylation is 1. The molecule has 1 atom stereocenters. The van der Waals surface area contributed by atoms with Gasteiger partial charge in [-0.15, -0.1) is 11.3 Å². The topological polar surface area (TPSA) is 55.4 Å². The van der Waals surface area contributed by atoms with E-state index in [9.17, 15) is 9.59 Å². The van der Waals surface area contributed by atoms with Crippen molar-refractivity contribution in [3.63, 3.8) is 0 Å². The summed E-state index contributed by atoms with van der Waals surface area (Å²) < 4.78 is 5.39. The molecule has 26 heavy (non-hydrogen) atoms. The molecule has 1 aliphatic carbocycles. The SMILES string of the molecule is CCCOC(=O)c1c(NC(=O)c2cccc(C)c2)sc2c1CC[C@@H](C)C2. The summed E-state index contributed by atoms with van der Waals surface area (Å²) in [6.45, 7) is 6.54. The number of amides is 1. The number of thiophene rings is 1. The van der Waals surface area contributed by atoms with Gasteiger partial charge in [0.15, 0.2) is 0 Å². The zero-order chi connectivity index (χ0) is 18.7. The van der Waals surface area contributed by atoms with E-state index in [-0.39, 0.29) is 11.9 Å². The number of hydrogen-bond acceptors (Lipinski definition) is 4. The first kappa shape index (κ1) is 18.6. The van der Waals surface area contributed by atoms with Gasteiger partial charge in [-0.05, 0) is 56.2 Å². The van der Waals surface area contributed by atoms with Gasteiger partial charge in [-0.2, -0.15) is 0 Å². The van der Waals surface area contributed by atoms with Crippen LogP contribution in [-0.2, 0) is 17.6 Å². The van der Waals surface area contributed by atoms with Crippen LogP contribution in [0.15, 0.2) is 24.3 Å². The molecule has 1 N–H and O–H groups in total. The van der Waals surface area contributed by atoms with Crippen LogP contribution in [0.4, 0.5) is 5.00 Å². The number of rotatable bonds is 5. The summed E-state index contributed by atoms with van der Waals surface area (Å²) in [5.41, 5.74) is 3.25. The van der Waals surface area contributed by atoms with E-state index >= 15 is 0 Å². The molecule has 0 saturated carbocycles. The van der Waals surface area contributed by atoms with Gasteiger partial charge in [-0.3, -0.25) is 4.79 Å². The van der Waals surface area contributed by atoms with Crippen LogP contribution in [0.1, 0.15) is 63.4 Å². The van der Waals surface area contributed by atoms with Crippen molar-refractivity contribution in [2.45, 2.75) is 46.5 Å². The normalized spacial score (nSPS) is 16.0. The fraction of sp³-hybridized carbons (Fsp3) is 0.429. The monoisotopic (exact) mass is 371 g/mol. The Labute approximate surface area is 158 Å². The van der Waals surface area contributed by atoms with Crippen LogP contribution in [0.25, 0.3) is 0 Å². The molecule has 5 heteroatoms. The Hall–Kier alpha value is -2.14. The van der Waals surface area contributed by atoms with Crippen molar-refractivity contribution in [2.75, 3.05) is 11.9 Å². The number of ether oxygens (including phenoxy) is 1. The van der Waals surface area contributed by atoms with Gasteiger partial charge in [0.25, 0.3) is 5.91 Å². The van der Waals surface area contributed by atoms with E-state index in [1.807, 2.05) is 32.0 Å². The van der Waals surface area contributed by atoms with E-state index in [4.69, 9.17) is 4.74 Å². The van der Waals surface area contributed by atoms with Crippen molar-refractivity contribution in [3.05, 3.63) is 51.4 Å². The fourth-order valence-electron chi connectivity index (χ4n) is 3.28. The number of carbonyl (C=O) groups is 2. The van der Waals surface area contributed by atoms with Crippen molar-refractivity contribution in [2.24, 2.45) is 5.92 Å². The van der Waals surface area contributed by atoms with Gasteiger partial charge in [0.05, 0.1) is 12.2 Å². The molecule has 0 unspecified atom stereocenters. The number of carbonyl (C=O) groups excluding carboxylic acids is 2. The Balaban J connectivity index is 1.92. The van der Waals surface area contributed by atoms with Crippen molar-refractivity contribution in [3.8, 4) is 0 Å². The number of fused-ring (bicyclic) bond motifs is 1. The van der Waals surface area contributed by atoms with Crippen LogP contribution >= 0.6 is 11.3 Å². The summed E-state index contributed by atoms with van der Waals surface area (Å²) >= 11 is 1.52. The van der Waals surface area contributed by atoms with Gasteiger partial charge >= 0.3 is 5.97 Å². The molecule has 0 spiro atoms. The number of hydrogen-bond donors (Lipinski definition) is 1. The Morgan fingerprint density at radius 3 is 2.88 bits per heavy atom. The van der Waals surface area contributed by atoms with Gasteiger partial charge in [0.1, 0.15) is 5.00 Å². The van der Waals surface area contributed by atoms with E-state index in [0.717, 1.165) is 36.8 Å². The first-order valence-corrected chi connectivity index (χ1v) is 10.0. The second-order valence-corrected chi connectivity index (χ2v) is 8.12. The molecule has 0 radical (unpaired) electrons. The highest BCUT2D eigenvalue weighted by Crippen LogP contribution is 2.40. The smallest absolute Gasteiger partial charge is 0.341 e. The third-order valence-electron chi connectivity index (χ3n) is 4.66. The lowest BCUT2D eigenvalue weighted by atomic mass is 9.88. The third-order valence-corrected chi connectivity index (χ3v) is 5.83. The Kier molecular flexibility index (Phi) is 5.77. The van der Waals surface area contributed by atoms with E-state index in [1.165, 1.54) is 16.2 Å². The lowest BCUT2D eigenvalue weighted by molar-refractivity contribution is 0.0505. The van der Waals surface area contributed by atoms with E-state index in [2.05, 4.69) is 12.2 Å². The molecule has 1 heterocycles. The molecule has 0 aliphatic heterocycles. The fourth-order valence-corrected chi connectivity index (χ4v) is 4.68. The van der Waals surface area contributed by atoms with E-state index in [1.54, 1.807) is 6.07 Å². The second kappa shape index (κ2) is 8.04. The zero-order valence-corrected chi connectivity index (χ0v) is 16.4. The summed E-state index contributed by atoms with van der Waals surface area (Å²) in [5, 5.41) is 3.58. The van der Waals surface area contributed by atoms with Crippen LogP contribution in [0.5, 0.6) is 0 Å². The van der Waals surface area contributed by atoms with E-state index < -0.39 is 0 Å². The van der Waals surface area contributed by atoms with Gasteiger partial charge < -0.3 is 10.1 Å².